The van der Waals surface area contributed by atoms with Crippen LogP contribution in [0.1, 0.15) is 45.4 Å². The summed E-state index contributed by atoms with van der Waals surface area (Å²) < 4.78 is 0. The Bertz CT molecular complexity index is 159. The highest BCUT2D eigenvalue weighted by atomic mass is 16.3. The smallest absolute Gasteiger partial charge is 0.220 e. The number of carbonyl (C=O) groups excluding carboxylic acids is 1. The summed E-state index contributed by atoms with van der Waals surface area (Å²) in [6.45, 7) is 2.70. The second-order valence-corrected chi connectivity index (χ2v) is 3.81. The molecule has 0 spiro atoms. The molecule has 4 nitrogen and oxygen atoms in total. The van der Waals surface area contributed by atoms with Gasteiger partial charge in [-0.3, -0.25) is 4.79 Å². The van der Waals surface area contributed by atoms with E-state index in [0.29, 0.717) is 6.42 Å². The van der Waals surface area contributed by atoms with Crippen molar-refractivity contribution in [1.29, 1.82) is 0 Å². The van der Waals surface area contributed by atoms with Crippen molar-refractivity contribution < 1.29 is 9.90 Å². The van der Waals surface area contributed by atoms with Gasteiger partial charge in [0.05, 0.1) is 12.6 Å². The predicted octanol–water partition coefficient (Wildman–Crippen LogP) is 0.783. The van der Waals surface area contributed by atoms with E-state index in [1.165, 1.54) is 0 Å². The molecule has 0 aliphatic rings. The van der Waals surface area contributed by atoms with E-state index in [9.17, 15) is 4.79 Å². The summed E-state index contributed by atoms with van der Waals surface area (Å²) in [4.78, 5) is 11.4. The molecule has 0 aliphatic carbocycles. The van der Waals surface area contributed by atoms with E-state index < -0.39 is 0 Å². The zero-order valence-corrected chi connectivity index (χ0v) is 9.67. The summed E-state index contributed by atoms with van der Waals surface area (Å²) in [5, 5.41) is 11.7. The van der Waals surface area contributed by atoms with Gasteiger partial charge in [-0.1, -0.05) is 19.8 Å². The minimum Gasteiger partial charge on any atom is -0.394 e. The summed E-state index contributed by atoms with van der Waals surface area (Å²) in [6.07, 6.45) is 5.43. The zero-order chi connectivity index (χ0) is 11.5. The predicted molar refractivity (Wildman–Crippen MR) is 61.4 cm³/mol. The molecule has 4 N–H and O–H groups in total. The third kappa shape index (κ3) is 8.39. The van der Waals surface area contributed by atoms with Crippen molar-refractivity contribution in [2.45, 2.75) is 51.5 Å². The number of nitrogens with two attached hydrogens (primary N) is 1. The van der Waals surface area contributed by atoms with Crippen molar-refractivity contribution in [3.63, 3.8) is 0 Å². The lowest BCUT2D eigenvalue weighted by Crippen LogP contribution is -2.36. The van der Waals surface area contributed by atoms with Crippen LogP contribution in [0.3, 0.4) is 0 Å². The van der Waals surface area contributed by atoms with E-state index in [-0.39, 0.29) is 18.6 Å². The molecule has 0 aromatic rings. The van der Waals surface area contributed by atoms with Crippen molar-refractivity contribution in [2.24, 2.45) is 5.73 Å². The third-order valence-electron chi connectivity index (χ3n) is 2.44. The summed E-state index contributed by atoms with van der Waals surface area (Å²) >= 11 is 0. The molecule has 90 valence electrons. The highest BCUT2D eigenvalue weighted by Crippen LogP contribution is 2.02. The monoisotopic (exact) mass is 216 g/mol. The Hall–Kier alpha value is -0.610. The average Bonchev–Trinajstić information content (AvgIpc) is 2.25. The van der Waals surface area contributed by atoms with Gasteiger partial charge in [0.1, 0.15) is 0 Å². The molecule has 0 radical (unpaired) electrons. The Kier molecular flexibility index (Phi) is 9.52. The maximum atomic E-state index is 11.4. The number of amides is 1. The molecule has 0 aromatic heterocycles. The molecule has 0 aromatic carbocycles. The van der Waals surface area contributed by atoms with Gasteiger partial charge in [0.15, 0.2) is 0 Å². The summed E-state index contributed by atoms with van der Waals surface area (Å²) in [7, 11) is 0. The second kappa shape index (κ2) is 9.93. The Morgan fingerprint density at radius 1 is 1.33 bits per heavy atom. The Morgan fingerprint density at radius 2 is 2.00 bits per heavy atom. The zero-order valence-electron chi connectivity index (χ0n) is 9.67. The van der Waals surface area contributed by atoms with E-state index in [2.05, 4.69) is 5.32 Å². The first kappa shape index (κ1) is 14.4. The van der Waals surface area contributed by atoms with Crippen LogP contribution in [-0.2, 0) is 4.79 Å². The standard InChI is InChI=1S/C11H24N2O2/c1-2-10(9-14)13-11(15)7-5-3-4-6-8-12/h10,14H,2-9,12H2,1H3,(H,13,15)/t10-/m0/s1. The highest BCUT2D eigenvalue weighted by molar-refractivity contribution is 5.76. The largest absolute Gasteiger partial charge is 0.394 e. The Labute approximate surface area is 92.2 Å². The van der Waals surface area contributed by atoms with Crippen LogP contribution < -0.4 is 11.1 Å². The van der Waals surface area contributed by atoms with E-state index in [1.54, 1.807) is 0 Å². The van der Waals surface area contributed by atoms with E-state index in [4.69, 9.17) is 10.8 Å². The molecule has 0 fully saturated rings. The minimum absolute atomic E-state index is 0.0232. The lowest BCUT2D eigenvalue weighted by Gasteiger charge is -2.13. The number of hydrogen-bond acceptors (Lipinski definition) is 3. The van der Waals surface area contributed by atoms with Crippen molar-refractivity contribution >= 4 is 5.91 Å². The van der Waals surface area contributed by atoms with Crippen molar-refractivity contribution in [1.82, 2.24) is 5.32 Å². The van der Waals surface area contributed by atoms with Gasteiger partial charge in [-0.25, -0.2) is 0 Å². The van der Waals surface area contributed by atoms with Gasteiger partial charge in [0.25, 0.3) is 0 Å². The highest BCUT2D eigenvalue weighted by Gasteiger charge is 2.07. The lowest BCUT2D eigenvalue weighted by atomic mass is 10.1. The van der Waals surface area contributed by atoms with Gasteiger partial charge >= 0.3 is 0 Å². The number of aliphatic hydroxyl groups is 1. The summed E-state index contributed by atoms with van der Waals surface area (Å²) in [5.41, 5.74) is 5.37. The first-order chi connectivity index (χ1) is 7.24. The van der Waals surface area contributed by atoms with Crippen LogP contribution in [0.15, 0.2) is 0 Å². The van der Waals surface area contributed by atoms with Gasteiger partial charge in [0.2, 0.25) is 5.91 Å². The van der Waals surface area contributed by atoms with Crippen molar-refractivity contribution in [3.05, 3.63) is 0 Å². The van der Waals surface area contributed by atoms with E-state index in [0.717, 1.165) is 38.6 Å². The van der Waals surface area contributed by atoms with E-state index in [1.807, 2.05) is 6.92 Å². The molecule has 0 rings (SSSR count). The number of nitrogens with one attached hydrogen (secondary N) is 1. The number of rotatable bonds is 9. The van der Waals surface area contributed by atoms with Crippen LogP contribution in [0.2, 0.25) is 0 Å². The summed E-state index contributed by atoms with van der Waals surface area (Å²) in [5.74, 6) is 0.0450. The maximum Gasteiger partial charge on any atom is 0.220 e. The van der Waals surface area contributed by atoms with Crippen LogP contribution in [0.4, 0.5) is 0 Å². The molecule has 0 heterocycles. The number of hydrogen-bond donors (Lipinski definition) is 3. The molecule has 1 amide bonds. The third-order valence-corrected chi connectivity index (χ3v) is 2.44. The van der Waals surface area contributed by atoms with Crippen molar-refractivity contribution in [2.75, 3.05) is 13.2 Å². The van der Waals surface area contributed by atoms with Gasteiger partial charge in [-0.15, -0.1) is 0 Å². The Morgan fingerprint density at radius 3 is 2.53 bits per heavy atom. The topological polar surface area (TPSA) is 75.3 Å². The molecule has 0 bridgehead atoms. The van der Waals surface area contributed by atoms with Crippen LogP contribution >= 0.6 is 0 Å². The average molecular weight is 216 g/mol. The molecular weight excluding hydrogens is 192 g/mol. The minimum atomic E-state index is -0.0819. The molecule has 1 atom stereocenters. The summed E-state index contributed by atoms with van der Waals surface area (Å²) in [6, 6.07) is -0.0819. The molecule has 0 aliphatic heterocycles. The maximum absolute atomic E-state index is 11.4. The quantitative estimate of drug-likeness (QED) is 0.499. The number of carbonyl (C=O) groups is 1. The van der Waals surface area contributed by atoms with Crippen molar-refractivity contribution in [3.8, 4) is 0 Å². The van der Waals surface area contributed by atoms with Crippen LogP contribution in [0.5, 0.6) is 0 Å². The normalized spacial score (nSPS) is 12.5. The van der Waals surface area contributed by atoms with Gasteiger partial charge < -0.3 is 16.2 Å². The first-order valence-corrected chi connectivity index (χ1v) is 5.84. The SMILES string of the molecule is CC[C@@H](CO)NC(=O)CCCCCCN. The molecule has 15 heavy (non-hydrogen) atoms. The number of aliphatic hydroxyl groups excluding tert-OH is 1. The molecule has 0 saturated heterocycles. The van der Waals surface area contributed by atoms with Gasteiger partial charge in [-0.2, -0.15) is 0 Å². The second-order valence-electron chi connectivity index (χ2n) is 3.81. The Balaban J connectivity index is 3.40. The van der Waals surface area contributed by atoms with E-state index >= 15 is 0 Å². The number of unbranched alkanes of at least 4 members (excludes halogenated alkanes) is 3. The fraction of sp³-hybridized carbons (Fsp3) is 0.909. The first-order valence-electron chi connectivity index (χ1n) is 5.84. The molecule has 0 unspecified atom stereocenters. The lowest BCUT2D eigenvalue weighted by molar-refractivity contribution is -0.122. The van der Waals surface area contributed by atoms with Crippen LogP contribution in [0.25, 0.3) is 0 Å². The fourth-order valence-corrected chi connectivity index (χ4v) is 1.36. The fourth-order valence-electron chi connectivity index (χ4n) is 1.36. The van der Waals surface area contributed by atoms with Gasteiger partial charge in [-0.05, 0) is 25.8 Å². The molecular formula is C11H24N2O2. The van der Waals surface area contributed by atoms with Crippen LogP contribution in [-0.4, -0.2) is 30.2 Å². The van der Waals surface area contributed by atoms with Gasteiger partial charge in [0, 0.05) is 6.42 Å². The van der Waals surface area contributed by atoms with Crippen LogP contribution in [0, 0.1) is 0 Å². The molecule has 4 heteroatoms. The molecule has 0 saturated carbocycles.